The molecule has 1 aromatic heterocycles. The van der Waals surface area contributed by atoms with Crippen LogP contribution in [0.2, 0.25) is 0 Å². The normalized spacial score (nSPS) is 14.1. The van der Waals surface area contributed by atoms with E-state index >= 15 is 0 Å². The zero-order valence-corrected chi connectivity index (χ0v) is 17.2. The SMILES string of the molecule is COC(=O)C1=C(C(=O)OC)N(c2cccc(-c3nc4ccc(N)cc4s3)c2)COC1. The van der Waals surface area contributed by atoms with Crippen molar-refractivity contribution in [3.05, 3.63) is 53.7 Å². The van der Waals surface area contributed by atoms with Crippen molar-refractivity contribution in [2.24, 2.45) is 0 Å². The number of hydrogen-bond acceptors (Lipinski definition) is 9. The number of carbonyl (C=O) groups is 2. The van der Waals surface area contributed by atoms with E-state index < -0.39 is 11.9 Å². The Balaban J connectivity index is 1.78. The highest BCUT2D eigenvalue weighted by Crippen LogP contribution is 2.34. The summed E-state index contributed by atoms with van der Waals surface area (Å²) >= 11 is 1.52. The van der Waals surface area contributed by atoms with E-state index in [1.54, 1.807) is 4.90 Å². The molecule has 1 aliphatic heterocycles. The number of hydrogen-bond donors (Lipinski definition) is 1. The van der Waals surface area contributed by atoms with Gasteiger partial charge in [-0.1, -0.05) is 12.1 Å². The number of ether oxygens (including phenoxy) is 3. The van der Waals surface area contributed by atoms with Crippen molar-refractivity contribution in [3.63, 3.8) is 0 Å². The lowest BCUT2D eigenvalue weighted by Crippen LogP contribution is -2.38. The van der Waals surface area contributed by atoms with Gasteiger partial charge in [0, 0.05) is 16.9 Å². The topological polar surface area (TPSA) is 104 Å². The second kappa shape index (κ2) is 8.13. The van der Waals surface area contributed by atoms with E-state index in [4.69, 9.17) is 19.9 Å². The summed E-state index contributed by atoms with van der Waals surface area (Å²) in [6.07, 6.45) is 0. The second-order valence-electron chi connectivity index (χ2n) is 6.51. The van der Waals surface area contributed by atoms with Crippen LogP contribution in [0.25, 0.3) is 20.8 Å². The fourth-order valence-corrected chi connectivity index (χ4v) is 4.23. The minimum absolute atomic E-state index is 0.0351. The molecule has 0 unspecified atom stereocenters. The lowest BCUT2D eigenvalue weighted by Gasteiger charge is -2.31. The molecule has 0 saturated heterocycles. The van der Waals surface area contributed by atoms with Crippen molar-refractivity contribution in [1.82, 2.24) is 4.98 Å². The highest BCUT2D eigenvalue weighted by molar-refractivity contribution is 7.21. The maximum absolute atomic E-state index is 12.5. The van der Waals surface area contributed by atoms with Gasteiger partial charge in [0.2, 0.25) is 0 Å². The summed E-state index contributed by atoms with van der Waals surface area (Å²) < 4.78 is 16.2. The number of rotatable bonds is 4. The van der Waals surface area contributed by atoms with E-state index in [-0.39, 0.29) is 24.6 Å². The van der Waals surface area contributed by atoms with E-state index in [1.807, 2.05) is 42.5 Å². The molecule has 0 amide bonds. The van der Waals surface area contributed by atoms with Crippen LogP contribution < -0.4 is 10.6 Å². The van der Waals surface area contributed by atoms with Gasteiger partial charge in [-0.15, -0.1) is 11.3 Å². The molecule has 8 nitrogen and oxygen atoms in total. The molecule has 2 N–H and O–H groups in total. The largest absolute Gasteiger partial charge is 0.466 e. The number of carbonyl (C=O) groups excluding carboxylic acids is 2. The first-order chi connectivity index (χ1) is 14.5. The van der Waals surface area contributed by atoms with E-state index in [0.717, 1.165) is 20.8 Å². The number of aromatic nitrogens is 1. The Morgan fingerprint density at radius 2 is 1.93 bits per heavy atom. The minimum atomic E-state index is -0.639. The maximum Gasteiger partial charge on any atom is 0.355 e. The first-order valence-electron chi connectivity index (χ1n) is 9.03. The Bertz CT molecular complexity index is 1170. The number of nitrogens with two attached hydrogens (primary N) is 1. The Hall–Kier alpha value is -3.43. The van der Waals surface area contributed by atoms with Gasteiger partial charge in [0.1, 0.15) is 17.4 Å². The van der Waals surface area contributed by atoms with Crippen LogP contribution in [0.1, 0.15) is 0 Å². The van der Waals surface area contributed by atoms with Crippen molar-refractivity contribution in [2.75, 3.05) is 38.2 Å². The van der Waals surface area contributed by atoms with Crippen LogP contribution in [0.5, 0.6) is 0 Å². The van der Waals surface area contributed by atoms with Gasteiger partial charge in [-0.2, -0.15) is 0 Å². The van der Waals surface area contributed by atoms with Crippen molar-refractivity contribution < 1.29 is 23.8 Å². The number of esters is 2. The Labute approximate surface area is 176 Å². The molecule has 4 rings (SSSR count). The third-order valence-electron chi connectivity index (χ3n) is 4.65. The van der Waals surface area contributed by atoms with Crippen LogP contribution >= 0.6 is 11.3 Å². The molecular formula is C21H19N3O5S. The van der Waals surface area contributed by atoms with Crippen molar-refractivity contribution in [2.45, 2.75) is 0 Å². The lowest BCUT2D eigenvalue weighted by molar-refractivity contribution is -0.140. The highest BCUT2D eigenvalue weighted by atomic mass is 32.1. The van der Waals surface area contributed by atoms with Crippen molar-refractivity contribution >= 4 is 44.9 Å². The summed E-state index contributed by atoms with van der Waals surface area (Å²) in [5.41, 5.74) is 9.14. The fourth-order valence-electron chi connectivity index (χ4n) is 3.22. The van der Waals surface area contributed by atoms with Gasteiger partial charge in [-0.3, -0.25) is 0 Å². The average molecular weight is 425 g/mol. The van der Waals surface area contributed by atoms with Crippen molar-refractivity contribution in [3.8, 4) is 10.6 Å². The second-order valence-corrected chi connectivity index (χ2v) is 7.54. The number of fused-ring (bicyclic) bond motifs is 1. The number of nitrogens with zero attached hydrogens (tertiary/aromatic N) is 2. The molecule has 30 heavy (non-hydrogen) atoms. The lowest BCUT2D eigenvalue weighted by atomic mass is 10.1. The fraction of sp³-hybridized carbons (Fsp3) is 0.190. The van der Waals surface area contributed by atoms with Crippen LogP contribution in [-0.2, 0) is 23.8 Å². The standard InChI is InChI=1S/C21H19N3O5S/c1-27-20(25)15-10-29-11-24(18(15)21(26)28-2)14-5-3-4-12(8-14)19-23-16-7-6-13(22)9-17(16)30-19/h3-9H,10-11,22H2,1-2H3. The quantitative estimate of drug-likeness (QED) is 0.503. The van der Waals surface area contributed by atoms with Gasteiger partial charge >= 0.3 is 11.9 Å². The number of nitrogen functional groups attached to an aromatic ring is 1. The highest BCUT2D eigenvalue weighted by Gasteiger charge is 2.32. The third kappa shape index (κ3) is 3.60. The number of anilines is 2. The third-order valence-corrected chi connectivity index (χ3v) is 5.72. The molecule has 0 radical (unpaired) electrons. The van der Waals surface area contributed by atoms with Gasteiger partial charge in [-0.25, -0.2) is 14.6 Å². The molecule has 0 aliphatic carbocycles. The Morgan fingerprint density at radius 3 is 2.70 bits per heavy atom. The summed E-state index contributed by atoms with van der Waals surface area (Å²) in [5, 5.41) is 0.812. The van der Waals surface area contributed by atoms with Gasteiger partial charge in [0.05, 0.1) is 36.6 Å². The Morgan fingerprint density at radius 1 is 1.13 bits per heavy atom. The van der Waals surface area contributed by atoms with Gasteiger partial charge in [-0.05, 0) is 30.3 Å². The number of thiazole rings is 1. The van der Waals surface area contributed by atoms with Crippen molar-refractivity contribution in [1.29, 1.82) is 0 Å². The van der Waals surface area contributed by atoms with Crippen LogP contribution in [-0.4, -0.2) is 44.5 Å². The molecule has 0 fully saturated rings. The predicted molar refractivity (Wildman–Crippen MR) is 114 cm³/mol. The molecule has 9 heteroatoms. The van der Waals surface area contributed by atoms with E-state index in [2.05, 4.69) is 4.98 Å². The zero-order chi connectivity index (χ0) is 21.3. The minimum Gasteiger partial charge on any atom is -0.466 e. The molecule has 2 aromatic carbocycles. The van der Waals surface area contributed by atoms with Gasteiger partial charge < -0.3 is 24.8 Å². The maximum atomic E-state index is 12.5. The average Bonchev–Trinajstić information content (AvgIpc) is 3.20. The van der Waals surface area contributed by atoms with Crippen LogP contribution in [0.15, 0.2) is 53.7 Å². The predicted octanol–water partition coefficient (Wildman–Crippen LogP) is 2.94. The summed E-state index contributed by atoms with van der Waals surface area (Å²) in [5.74, 6) is -1.28. The van der Waals surface area contributed by atoms with E-state index in [1.165, 1.54) is 25.6 Å². The first kappa shape index (κ1) is 19.9. The number of benzene rings is 2. The number of methoxy groups -OCH3 is 2. The van der Waals surface area contributed by atoms with Gasteiger partial charge in [0.25, 0.3) is 0 Å². The van der Waals surface area contributed by atoms with E-state index in [0.29, 0.717) is 11.4 Å². The molecule has 1 aliphatic rings. The summed E-state index contributed by atoms with van der Waals surface area (Å²) in [6, 6.07) is 13.1. The molecule has 0 atom stereocenters. The van der Waals surface area contributed by atoms with Crippen LogP contribution in [0.4, 0.5) is 11.4 Å². The summed E-state index contributed by atoms with van der Waals surface area (Å²) in [4.78, 5) is 30.9. The molecule has 3 aromatic rings. The summed E-state index contributed by atoms with van der Waals surface area (Å²) in [6.45, 7) is 0.0529. The molecule has 0 saturated carbocycles. The van der Waals surface area contributed by atoms with Crippen LogP contribution in [0, 0.1) is 0 Å². The van der Waals surface area contributed by atoms with Gasteiger partial charge in [0.15, 0.2) is 0 Å². The smallest absolute Gasteiger partial charge is 0.355 e. The molecule has 2 heterocycles. The van der Waals surface area contributed by atoms with Crippen LogP contribution in [0.3, 0.4) is 0 Å². The molecule has 154 valence electrons. The first-order valence-corrected chi connectivity index (χ1v) is 9.85. The molecular weight excluding hydrogens is 406 g/mol. The zero-order valence-electron chi connectivity index (χ0n) is 16.4. The van der Waals surface area contributed by atoms with E-state index in [9.17, 15) is 9.59 Å². The molecule has 0 spiro atoms. The monoisotopic (exact) mass is 425 g/mol. The molecule has 0 bridgehead atoms. The Kier molecular flexibility index (Phi) is 5.39. The summed E-state index contributed by atoms with van der Waals surface area (Å²) in [7, 11) is 2.52.